The third-order valence-corrected chi connectivity index (χ3v) is 2.23. The molecule has 0 aromatic rings. The van der Waals surface area contributed by atoms with Gasteiger partial charge in [-0.2, -0.15) is 0 Å². The lowest BCUT2D eigenvalue weighted by Gasteiger charge is -2.25. The highest BCUT2D eigenvalue weighted by molar-refractivity contribution is 5.80. The number of carbonyl (C=O) groups excluding carboxylic acids is 2. The van der Waals surface area contributed by atoms with E-state index in [1.165, 1.54) is 0 Å². The summed E-state index contributed by atoms with van der Waals surface area (Å²) in [5.41, 5.74) is 0. The van der Waals surface area contributed by atoms with Crippen molar-refractivity contribution in [2.24, 2.45) is 0 Å². The van der Waals surface area contributed by atoms with Gasteiger partial charge in [-0.1, -0.05) is 13.3 Å². The zero-order valence-electron chi connectivity index (χ0n) is 9.12. The van der Waals surface area contributed by atoms with Crippen molar-refractivity contribution in [3.05, 3.63) is 0 Å². The van der Waals surface area contributed by atoms with Gasteiger partial charge in [0.1, 0.15) is 0 Å². The number of nitrogens with one attached hydrogen (secondary N) is 1. The number of piperazine rings is 1. The topological polar surface area (TPSA) is 58.6 Å². The molecule has 1 N–H and O–H groups in total. The van der Waals surface area contributed by atoms with Gasteiger partial charge in [0, 0.05) is 13.1 Å². The van der Waals surface area contributed by atoms with E-state index in [0.717, 1.165) is 12.8 Å². The number of amides is 1. The maximum Gasteiger partial charge on any atom is 0.320 e. The fraction of sp³-hybridized carbons (Fsp3) is 0.800. The van der Waals surface area contributed by atoms with E-state index in [1.54, 1.807) is 4.90 Å². The van der Waals surface area contributed by atoms with Crippen LogP contribution in [0.15, 0.2) is 0 Å². The standard InChI is InChI=1S/C10H18N2O3/c1-2-3-6-15-10(14)8-12-5-4-11-9(13)7-12/h2-8H2,1H3,(H,11,13). The summed E-state index contributed by atoms with van der Waals surface area (Å²) >= 11 is 0. The Morgan fingerprint density at radius 3 is 3.07 bits per heavy atom. The van der Waals surface area contributed by atoms with Crippen molar-refractivity contribution in [3.8, 4) is 0 Å². The Morgan fingerprint density at radius 1 is 1.60 bits per heavy atom. The molecule has 0 saturated carbocycles. The number of hydrogen-bond acceptors (Lipinski definition) is 4. The average molecular weight is 214 g/mol. The molecular weight excluding hydrogens is 196 g/mol. The second-order valence-electron chi connectivity index (χ2n) is 3.63. The summed E-state index contributed by atoms with van der Waals surface area (Å²) in [5.74, 6) is -0.263. The van der Waals surface area contributed by atoms with Crippen molar-refractivity contribution in [2.75, 3.05) is 32.8 Å². The predicted octanol–water partition coefficient (Wildman–Crippen LogP) is -0.238. The summed E-state index contributed by atoms with van der Waals surface area (Å²) in [6, 6.07) is 0. The number of rotatable bonds is 5. The number of nitrogens with zero attached hydrogens (tertiary/aromatic N) is 1. The number of ether oxygens (including phenoxy) is 1. The first-order chi connectivity index (χ1) is 7.22. The van der Waals surface area contributed by atoms with Crippen molar-refractivity contribution < 1.29 is 14.3 Å². The van der Waals surface area contributed by atoms with Gasteiger partial charge in [0.15, 0.2) is 0 Å². The molecule has 0 bridgehead atoms. The van der Waals surface area contributed by atoms with E-state index in [9.17, 15) is 9.59 Å². The van der Waals surface area contributed by atoms with Gasteiger partial charge >= 0.3 is 5.97 Å². The third kappa shape index (κ3) is 4.78. The lowest BCUT2D eigenvalue weighted by molar-refractivity contribution is -0.145. The maximum absolute atomic E-state index is 11.3. The summed E-state index contributed by atoms with van der Waals surface area (Å²) < 4.78 is 5.01. The normalized spacial score (nSPS) is 17.3. The molecule has 0 aliphatic carbocycles. The number of unbranched alkanes of at least 4 members (excludes halogenated alkanes) is 1. The first-order valence-electron chi connectivity index (χ1n) is 5.37. The van der Waals surface area contributed by atoms with Crippen LogP contribution in [0.3, 0.4) is 0 Å². The lowest BCUT2D eigenvalue weighted by atomic mass is 10.3. The molecule has 15 heavy (non-hydrogen) atoms. The molecule has 1 heterocycles. The highest BCUT2D eigenvalue weighted by Crippen LogP contribution is 1.95. The highest BCUT2D eigenvalue weighted by atomic mass is 16.5. The Labute approximate surface area is 89.8 Å². The molecule has 0 atom stereocenters. The summed E-state index contributed by atoms with van der Waals surface area (Å²) in [5, 5.41) is 2.70. The molecule has 1 aliphatic rings. The molecule has 0 aromatic carbocycles. The maximum atomic E-state index is 11.3. The molecule has 1 amide bonds. The summed E-state index contributed by atoms with van der Waals surface area (Å²) in [4.78, 5) is 24.1. The van der Waals surface area contributed by atoms with Crippen LogP contribution in [0.25, 0.3) is 0 Å². The Morgan fingerprint density at radius 2 is 2.40 bits per heavy atom. The van der Waals surface area contributed by atoms with Crippen LogP contribution in [-0.2, 0) is 14.3 Å². The first kappa shape index (κ1) is 12.0. The smallest absolute Gasteiger partial charge is 0.320 e. The van der Waals surface area contributed by atoms with E-state index < -0.39 is 0 Å². The third-order valence-electron chi connectivity index (χ3n) is 2.23. The van der Waals surface area contributed by atoms with Gasteiger partial charge in [0.05, 0.1) is 19.7 Å². The van der Waals surface area contributed by atoms with Crippen LogP contribution < -0.4 is 5.32 Å². The summed E-state index contributed by atoms with van der Waals surface area (Å²) in [7, 11) is 0. The molecule has 0 spiro atoms. The lowest BCUT2D eigenvalue weighted by Crippen LogP contribution is -2.49. The van der Waals surface area contributed by atoms with Gasteiger partial charge in [0.2, 0.25) is 5.91 Å². The van der Waals surface area contributed by atoms with Crippen LogP contribution >= 0.6 is 0 Å². The van der Waals surface area contributed by atoms with Crippen molar-refractivity contribution >= 4 is 11.9 Å². The average Bonchev–Trinajstić information content (AvgIpc) is 2.18. The van der Waals surface area contributed by atoms with E-state index in [2.05, 4.69) is 5.32 Å². The quantitative estimate of drug-likeness (QED) is 0.507. The Kier molecular flexibility index (Phi) is 5.10. The Hall–Kier alpha value is -1.10. The molecule has 1 fully saturated rings. The van der Waals surface area contributed by atoms with Crippen LogP contribution in [0, 0.1) is 0 Å². The molecule has 5 heteroatoms. The molecule has 5 nitrogen and oxygen atoms in total. The minimum absolute atomic E-state index is 0.0254. The molecule has 1 aliphatic heterocycles. The molecular formula is C10H18N2O3. The SMILES string of the molecule is CCCCOC(=O)CN1CCNC(=O)C1. The fourth-order valence-corrected chi connectivity index (χ4v) is 1.39. The second kappa shape index (κ2) is 6.40. The minimum atomic E-state index is -0.238. The van der Waals surface area contributed by atoms with E-state index in [0.29, 0.717) is 26.2 Å². The number of carbonyl (C=O) groups is 2. The van der Waals surface area contributed by atoms with Gasteiger partial charge in [-0.15, -0.1) is 0 Å². The molecule has 1 saturated heterocycles. The predicted molar refractivity (Wildman–Crippen MR) is 55.3 cm³/mol. The zero-order valence-corrected chi connectivity index (χ0v) is 9.12. The van der Waals surface area contributed by atoms with Gasteiger partial charge in [-0.3, -0.25) is 14.5 Å². The van der Waals surface area contributed by atoms with Crippen LogP contribution in [0.5, 0.6) is 0 Å². The summed E-state index contributed by atoms with van der Waals surface area (Å²) in [6.45, 7) is 4.37. The first-order valence-corrected chi connectivity index (χ1v) is 5.37. The van der Waals surface area contributed by atoms with Crippen LogP contribution in [0.2, 0.25) is 0 Å². The van der Waals surface area contributed by atoms with Crippen LogP contribution in [0.4, 0.5) is 0 Å². The van der Waals surface area contributed by atoms with E-state index >= 15 is 0 Å². The van der Waals surface area contributed by atoms with Crippen molar-refractivity contribution in [1.82, 2.24) is 10.2 Å². The minimum Gasteiger partial charge on any atom is -0.465 e. The van der Waals surface area contributed by atoms with Crippen molar-refractivity contribution in [1.29, 1.82) is 0 Å². The molecule has 86 valence electrons. The fourth-order valence-electron chi connectivity index (χ4n) is 1.39. The van der Waals surface area contributed by atoms with Crippen molar-refractivity contribution in [3.63, 3.8) is 0 Å². The van der Waals surface area contributed by atoms with Gasteiger partial charge in [-0.05, 0) is 6.42 Å². The second-order valence-corrected chi connectivity index (χ2v) is 3.63. The van der Waals surface area contributed by atoms with Crippen LogP contribution in [-0.4, -0.2) is 49.6 Å². The van der Waals surface area contributed by atoms with Crippen molar-refractivity contribution in [2.45, 2.75) is 19.8 Å². The zero-order chi connectivity index (χ0) is 11.1. The molecule has 1 rings (SSSR count). The summed E-state index contributed by atoms with van der Waals surface area (Å²) in [6.07, 6.45) is 1.91. The van der Waals surface area contributed by atoms with E-state index in [-0.39, 0.29) is 18.4 Å². The highest BCUT2D eigenvalue weighted by Gasteiger charge is 2.18. The molecule has 0 aromatic heterocycles. The van der Waals surface area contributed by atoms with E-state index in [1.807, 2.05) is 6.92 Å². The van der Waals surface area contributed by atoms with Gasteiger partial charge < -0.3 is 10.1 Å². The van der Waals surface area contributed by atoms with Crippen LogP contribution in [0.1, 0.15) is 19.8 Å². The largest absolute Gasteiger partial charge is 0.465 e. The van der Waals surface area contributed by atoms with E-state index in [4.69, 9.17) is 4.74 Å². The molecule has 0 radical (unpaired) electrons. The molecule has 0 unspecified atom stereocenters. The van der Waals surface area contributed by atoms with Gasteiger partial charge in [0.25, 0.3) is 0 Å². The Balaban J connectivity index is 2.16. The number of esters is 1. The monoisotopic (exact) mass is 214 g/mol. The number of hydrogen-bond donors (Lipinski definition) is 1. The van der Waals surface area contributed by atoms with Gasteiger partial charge in [-0.25, -0.2) is 0 Å². The Bertz CT molecular complexity index is 231.